The molecule has 0 aromatic rings. The minimum Gasteiger partial charge on any atom is -0.416 e. The molecule has 0 aliphatic rings. The first kappa shape index (κ1) is 14.6. The molecular formula is C11H26N2OSi. The summed E-state index contributed by atoms with van der Waals surface area (Å²) in [6, 6.07) is 0. The first-order chi connectivity index (χ1) is 6.40. The van der Waals surface area contributed by atoms with Gasteiger partial charge in [0.1, 0.15) is 0 Å². The molecule has 0 amide bonds. The summed E-state index contributed by atoms with van der Waals surface area (Å²) in [7, 11) is -1.71. The van der Waals surface area contributed by atoms with Crippen LogP contribution in [0.1, 0.15) is 34.6 Å². The third-order valence-corrected chi connectivity index (χ3v) is 7.81. The van der Waals surface area contributed by atoms with Gasteiger partial charge in [-0.2, -0.15) is 0 Å². The Kier molecular flexibility index (Phi) is 4.16. The highest BCUT2D eigenvalue weighted by Gasteiger charge is 2.38. The van der Waals surface area contributed by atoms with Crippen molar-refractivity contribution >= 4 is 14.2 Å². The summed E-state index contributed by atoms with van der Waals surface area (Å²) >= 11 is 0. The highest BCUT2D eigenvalue weighted by molar-refractivity contribution is 6.74. The van der Waals surface area contributed by atoms with Gasteiger partial charge in [-0.25, -0.2) is 0 Å². The van der Waals surface area contributed by atoms with Gasteiger partial charge in [-0.15, -0.1) is 0 Å². The predicted molar refractivity (Wildman–Crippen MR) is 68.8 cm³/mol. The molecule has 0 saturated heterocycles. The monoisotopic (exact) mass is 230 g/mol. The van der Waals surface area contributed by atoms with Gasteiger partial charge in [0.15, 0.2) is 8.32 Å². The number of nitrogens with two attached hydrogens (primary N) is 1. The van der Waals surface area contributed by atoms with Crippen molar-refractivity contribution in [2.24, 2.45) is 11.1 Å². The Balaban J connectivity index is 4.47. The van der Waals surface area contributed by atoms with Crippen molar-refractivity contribution in [3.63, 3.8) is 0 Å². The lowest BCUT2D eigenvalue weighted by atomic mass is 9.94. The molecule has 4 heteroatoms. The van der Waals surface area contributed by atoms with Gasteiger partial charge in [0.2, 0.25) is 0 Å². The molecular weight excluding hydrogens is 204 g/mol. The Morgan fingerprint density at radius 2 is 1.60 bits per heavy atom. The lowest BCUT2D eigenvalue weighted by molar-refractivity contribution is 0.214. The van der Waals surface area contributed by atoms with Gasteiger partial charge in [-0.1, -0.05) is 34.6 Å². The van der Waals surface area contributed by atoms with E-state index in [9.17, 15) is 0 Å². The largest absolute Gasteiger partial charge is 0.416 e. The number of rotatable bonds is 4. The van der Waals surface area contributed by atoms with E-state index in [1.165, 1.54) is 0 Å². The van der Waals surface area contributed by atoms with Crippen molar-refractivity contribution < 1.29 is 4.43 Å². The number of hydrogen-bond donors (Lipinski definition) is 2. The summed E-state index contributed by atoms with van der Waals surface area (Å²) in [5.74, 6) is 0.196. The van der Waals surface area contributed by atoms with Crippen LogP contribution in [0.25, 0.3) is 0 Å². The molecule has 0 saturated carbocycles. The van der Waals surface area contributed by atoms with Gasteiger partial charge in [-0.3, -0.25) is 5.41 Å². The maximum absolute atomic E-state index is 7.47. The zero-order valence-corrected chi connectivity index (χ0v) is 12.2. The summed E-state index contributed by atoms with van der Waals surface area (Å²) in [6.07, 6.45) is 0. The van der Waals surface area contributed by atoms with Crippen molar-refractivity contribution in [2.45, 2.75) is 52.8 Å². The van der Waals surface area contributed by atoms with Crippen LogP contribution in [0.15, 0.2) is 0 Å². The van der Waals surface area contributed by atoms with Crippen LogP contribution in [0.2, 0.25) is 18.1 Å². The average molecular weight is 230 g/mol. The Bertz CT molecular complexity index is 241. The van der Waals surface area contributed by atoms with E-state index >= 15 is 0 Å². The second-order valence-corrected chi connectivity index (χ2v) is 11.2. The van der Waals surface area contributed by atoms with Gasteiger partial charge in [0, 0.05) is 12.0 Å². The van der Waals surface area contributed by atoms with E-state index in [2.05, 4.69) is 33.9 Å². The van der Waals surface area contributed by atoms with E-state index in [0.29, 0.717) is 6.61 Å². The Morgan fingerprint density at radius 3 is 1.87 bits per heavy atom. The van der Waals surface area contributed by atoms with E-state index in [-0.39, 0.29) is 16.3 Å². The van der Waals surface area contributed by atoms with Crippen LogP contribution in [-0.4, -0.2) is 20.8 Å². The van der Waals surface area contributed by atoms with Crippen LogP contribution in [0.3, 0.4) is 0 Å². The van der Waals surface area contributed by atoms with E-state index in [1.54, 1.807) is 0 Å². The van der Waals surface area contributed by atoms with Crippen LogP contribution in [0, 0.1) is 10.8 Å². The fourth-order valence-corrected chi connectivity index (χ4v) is 1.81. The third-order valence-electron chi connectivity index (χ3n) is 3.33. The Labute approximate surface area is 95.0 Å². The van der Waals surface area contributed by atoms with Crippen molar-refractivity contribution in [1.82, 2.24) is 0 Å². The zero-order chi connectivity index (χ0) is 12.5. The molecule has 0 rings (SSSR count). The Hall–Kier alpha value is -0.353. The van der Waals surface area contributed by atoms with Crippen molar-refractivity contribution in [2.75, 3.05) is 6.61 Å². The normalized spacial score (nSPS) is 14.1. The van der Waals surface area contributed by atoms with E-state index in [1.807, 2.05) is 13.8 Å². The number of nitrogens with one attached hydrogen (secondary N) is 1. The molecule has 15 heavy (non-hydrogen) atoms. The third kappa shape index (κ3) is 3.95. The van der Waals surface area contributed by atoms with Gasteiger partial charge in [-0.05, 0) is 18.1 Å². The van der Waals surface area contributed by atoms with Gasteiger partial charge in [0.05, 0.1) is 5.84 Å². The summed E-state index contributed by atoms with van der Waals surface area (Å²) in [6.45, 7) is 15.5. The number of hydrogen-bond acceptors (Lipinski definition) is 2. The first-order valence-electron chi connectivity index (χ1n) is 5.39. The first-order valence-corrected chi connectivity index (χ1v) is 8.29. The molecule has 0 atom stereocenters. The molecule has 0 spiro atoms. The van der Waals surface area contributed by atoms with Crippen LogP contribution in [0.5, 0.6) is 0 Å². The maximum Gasteiger partial charge on any atom is 0.192 e. The molecule has 0 heterocycles. The SMILES string of the molecule is CC(C)(CO[Si](C)(C)C(C)(C)C)C(=N)N. The highest BCUT2D eigenvalue weighted by atomic mass is 28.4. The molecule has 0 aromatic carbocycles. The van der Waals surface area contributed by atoms with Crippen LogP contribution < -0.4 is 5.73 Å². The molecule has 3 nitrogen and oxygen atoms in total. The van der Waals surface area contributed by atoms with E-state index in [4.69, 9.17) is 15.6 Å². The fourth-order valence-electron chi connectivity index (χ4n) is 0.655. The lowest BCUT2D eigenvalue weighted by Crippen LogP contribution is -2.45. The molecule has 0 aliphatic heterocycles. The van der Waals surface area contributed by atoms with Crippen LogP contribution in [0.4, 0.5) is 0 Å². The standard InChI is InChI=1S/C11H26N2OSi/c1-10(2,3)15(6,7)14-8-11(4,5)9(12)13/h8H2,1-7H3,(H3,12,13). The minimum absolute atomic E-state index is 0.196. The van der Waals surface area contributed by atoms with Gasteiger partial charge in [0.25, 0.3) is 0 Å². The lowest BCUT2D eigenvalue weighted by Gasteiger charge is -2.38. The Morgan fingerprint density at radius 1 is 1.20 bits per heavy atom. The highest BCUT2D eigenvalue weighted by Crippen LogP contribution is 2.37. The second-order valence-electron chi connectivity index (χ2n) is 6.35. The topological polar surface area (TPSA) is 59.1 Å². The maximum atomic E-state index is 7.47. The summed E-state index contributed by atoms with van der Waals surface area (Å²) < 4.78 is 6.04. The van der Waals surface area contributed by atoms with E-state index < -0.39 is 8.32 Å². The van der Waals surface area contributed by atoms with Gasteiger partial charge >= 0.3 is 0 Å². The van der Waals surface area contributed by atoms with Gasteiger partial charge < -0.3 is 10.2 Å². The predicted octanol–water partition coefficient (Wildman–Crippen LogP) is 2.97. The van der Waals surface area contributed by atoms with Crippen LogP contribution >= 0.6 is 0 Å². The minimum atomic E-state index is -1.71. The van der Waals surface area contributed by atoms with E-state index in [0.717, 1.165) is 0 Å². The molecule has 0 aliphatic carbocycles. The van der Waals surface area contributed by atoms with Crippen molar-refractivity contribution in [1.29, 1.82) is 5.41 Å². The van der Waals surface area contributed by atoms with Crippen LogP contribution in [-0.2, 0) is 4.43 Å². The molecule has 0 bridgehead atoms. The quantitative estimate of drug-likeness (QED) is 0.443. The van der Waals surface area contributed by atoms with Crippen molar-refractivity contribution in [3.8, 4) is 0 Å². The molecule has 0 unspecified atom stereocenters. The summed E-state index contributed by atoms with van der Waals surface area (Å²) in [5.41, 5.74) is 5.18. The summed E-state index contributed by atoms with van der Waals surface area (Å²) in [5, 5.41) is 7.68. The fraction of sp³-hybridized carbons (Fsp3) is 0.909. The average Bonchev–Trinajstić information content (AvgIpc) is 1.99. The summed E-state index contributed by atoms with van der Waals surface area (Å²) in [4.78, 5) is 0. The molecule has 0 fully saturated rings. The second kappa shape index (κ2) is 4.26. The zero-order valence-electron chi connectivity index (χ0n) is 11.2. The number of amidine groups is 1. The van der Waals surface area contributed by atoms with Crippen molar-refractivity contribution in [3.05, 3.63) is 0 Å². The molecule has 3 N–H and O–H groups in total. The molecule has 90 valence electrons. The molecule has 0 aromatic heterocycles. The smallest absolute Gasteiger partial charge is 0.192 e. The molecule has 0 radical (unpaired) electrons.